The Morgan fingerprint density at radius 1 is 1.37 bits per heavy atom. The van der Waals surface area contributed by atoms with Crippen LogP contribution in [0.3, 0.4) is 0 Å². The van der Waals surface area contributed by atoms with E-state index in [1.165, 1.54) is 0 Å². The first-order valence-corrected chi connectivity index (χ1v) is 6.79. The van der Waals surface area contributed by atoms with Crippen molar-refractivity contribution in [1.82, 2.24) is 15.1 Å². The van der Waals surface area contributed by atoms with E-state index in [0.717, 1.165) is 13.1 Å². The fourth-order valence-electron chi connectivity index (χ4n) is 2.37. The van der Waals surface area contributed by atoms with Crippen LogP contribution >= 0.6 is 0 Å². The molecule has 1 aliphatic heterocycles. The number of carboxylic acid groups (broad SMARTS) is 1. The zero-order valence-electron chi connectivity index (χ0n) is 12.2. The van der Waals surface area contributed by atoms with Crippen molar-refractivity contribution in [2.24, 2.45) is 5.92 Å². The number of nitrogens with zero attached hydrogens (tertiary/aromatic N) is 2. The monoisotopic (exact) mass is 271 g/mol. The van der Waals surface area contributed by atoms with Crippen LogP contribution in [-0.2, 0) is 4.79 Å². The van der Waals surface area contributed by atoms with Crippen molar-refractivity contribution in [3.63, 3.8) is 0 Å². The average molecular weight is 271 g/mol. The summed E-state index contributed by atoms with van der Waals surface area (Å²) in [6, 6.07) is -0.972. The van der Waals surface area contributed by atoms with Gasteiger partial charge in [-0.2, -0.15) is 0 Å². The number of urea groups is 1. The van der Waals surface area contributed by atoms with E-state index in [-0.39, 0.29) is 18.0 Å². The SMILES string of the molecule is CC(C)CC(NC(=O)N1CCN(C)CC1C)C(=O)O. The average Bonchev–Trinajstić information content (AvgIpc) is 2.26. The summed E-state index contributed by atoms with van der Waals surface area (Å²) in [6.45, 7) is 8.14. The van der Waals surface area contributed by atoms with Crippen molar-refractivity contribution in [3.05, 3.63) is 0 Å². The first-order chi connectivity index (χ1) is 8.81. The highest BCUT2D eigenvalue weighted by atomic mass is 16.4. The lowest BCUT2D eigenvalue weighted by atomic mass is 10.0. The molecular formula is C13H25N3O3. The van der Waals surface area contributed by atoms with Gasteiger partial charge in [0.25, 0.3) is 0 Å². The Bertz CT molecular complexity index is 333. The highest BCUT2D eigenvalue weighted by molar-refractivity contribution is 5.82. The van der Waals surface area contributed by atoms with Gasteiger partial charge < -0.3 is 20.2 Å². The maximum Gasteiger partial charge on any atom is 0.326 e. The molecule has 0 saturated carbocycles. The van der Waals surface area contributed by atoms with Gasteiger partial charge in [0, 0.05) is 25.7 Å². The van der Waals surface area contributed by atoms with Crippen LogP contribution in [0.5, 0.6) is 0 Å². The van der Waals surface area contributed by atoms with E-state index >= 15 is 0 Å². The fourth-order valence-corrected chi connectivity index (χ4v) is 2.37. The first-order valence-electron chi connectivity index (χ1n) is 6.79. The molecule has 1 rings (SSSR count). The van der Waals surface area contributed by atoms with E-state index in [1.807, 2.05) is 27.8 Å². The van der Waals surface area contributed by atoms with Crippen molar-refractivity contribution in [1.29, 1.82) is 0 Å². The number of rotatable bonds is 4. The topological polar surface area (TPSA) is 72.9 Å². The van der Waals surface area contributed by atoms with Crippen LogP contribution in [0.15, 0.2) is 0 Å². The predicted molar refractivity (Wildman–Crippen MR) is 73.1 cm³/mol. The highest BCUT2D eigenvalue weighted by Crippen LogP contribution is 2.10. The van der Waals surface area contributed by atoms with Crippen LogP contribution in [-0.4, -0.2) is 65.7 Å². The molecule has 0 aromatic rings. The van der Waals surface area contributed by atoms with Gasteiger partial charge >= 0.3 is 12.0 Å². The molecule has 0 aromatic carbocycles. The lowest BCUT2D eigenvalue weighted by Gasteiger charge is -2.38. The maximum absolute atomic E-state index is 12.1. The number of nitrogens with one attached hydrogen (secondary N) is 1. The summed E-state index contributed by atoms with van der Waals surface area (Å²) in [5, 5.41) is 11.8. The Labute approximate surface area is 114 Å². The summed E-state index contributed by atoms with van der Waals surface area (Å²) in [7, 11) is 2.02. The van der Waals surface area contributed by atoms with Gasteiger partial charge in [0.05, 0.1) is 0 Å². The summed E-state index contributed by atoms with van der Waals surface area (Å²) in [5.74, 6) is -0.741. The van der Waals surface area contributed by atoms with Gasteiger partial charge in [-0.05, 0) is 26.3 Å². The highest BCUT2D eigenvalue weighted by Gasteiger charge is 2.29. The maximum atomic E-state index is 12.1. The molecule has 2 unspecified atom stereocenters. The molecule has 0 spiro atoms. The number of piperazine rings is 1. The van der Waals surface area contributed by atoms with E-state index in [9.17, 15) is 9.59 Å². The van der Waals surface area contributed by atoms with Gasteiger partial charge in [0.1, 0.15) is 6.04 Å². The molecule has 19 heavy (non-hydrogen) atoms. The van der Waals surface area contributed by atoms with E-state index in [0.29, 0.717) is 13.0 Å². The number of amides is 2. The van der Waals surface area contributed by atoms with Crippen LogP contribution in [0.1, 0.15) is 27.2 Å². The van der Waals surface area contributed by atoms with Gasteiger partial charge in [-0.15, -0.1) is 0 Å². The molecule has 0 bridgehead atoms. The van der Waals surface area contributed by atoms with E-state index in [4.69, 9.17) is 5.11 Å². The van der Waals surface area contributed by atoms with Gasteiger partial charge in [0.15, 0.2) is 0 Å². The quantitative estimate of drug-likeness (QED) is 0.794. The number of aliphatic carboxylic acids is 1. The lowest BCUT2D eigenvalue weighted by Crippen LogP contribution is -2.57. The third-order valence-corrected chi connectivity index (χ3v) is 3.39. The molecular weight excluding hydrogens is 246 g/mol. The molecule has 1 saturated heterocycles. The van der Waals surface area contributed by atoms with E-state index in [1.54, 1.807) is 4.90 Å². The molecule has 1 fully saturated rings. The van der Waals surface area contributed by atoms with Gasteiger partial charge in [-0.25, -0.2) is 9.59 Å². The van der Waals surface area contributed by atoms with Crippen LogP contribution in [0.2, 0.25) is 0 Å². The minimum Gasteiger partial charge on any atom is -0.480 e. The molecule has 0 aromatic heterocycles. The minimum atomic E-state index is -0.969. The summed E-state index contributed by atoms with van der Waals surface area (Å²) in [4.78, 5) is 27.2. The zero-order valence-corrected chi connectivity index (χ0v) is 12.2. The molecule has 110 valence electrons. The molecule has 2 atom stereocenters. The second-order valence-electron chi connectivity index (χ2n) is 5.77. The van der Waals surface area contributed by atoms with E-state index in [2.05, 4.69) is 10.2 Å². The largest absolute Gasteiger partial charge is 0.480 e. The van der Waals surface area contributed by atoms with Gasteiger partial charge in [-0.3, -0.25) is 0 Å². The Kier molecular flexibility index (Phi) is 5.60. The smallest absolute Gasteiger partial charge is 0.326 e. The Morgan fingerprint density at radius 2 is 2.00 bits per heavy atom. The lowest BCUT2D eigenvalue weighted by molar-refractivity contribution is -0.139. The van der Waals surface area contributed by atoms with Crippen LogP contribution in [0.4, 0.5) is 4.79 Å². The van der Waals surface area contributed by atoms with Gasteiger partial charge in [-0.1, -0.05) is 13.8 Å². The molecule has 1 aliphatic rings. The summed E-state index contributed by atoms with van der Waals surface area (Å²) in [6.07, 6.45) is 0.448. The van der Waals surface area contributed by atoms with Crippen molar-refractivity contribution in [2.75, 3.05) is 26.7 Å². The Hall–Kier alpha value is -1.30. The van der Waals surface area contributed by atoms with E-state index < -0.39 is 12.0 Å². The number of carbonyl (C=O) groups excluding carboxylic acids is 1. The van der Waals surface area contributed by atoms with Crippen LogP contribution in [0, 0.1) is 5.92 Å². The Morgan fingerprint density at radius 3 is 2.47 bits per heavy atom. The number of hydrogen-bond acceptors (Lipinski definition) is 3. The van der Waals surface area contributed by atoms with Crippen LogP contribution in [0.25, 0.3) is 0 Å². The first kappa shape index (κ1) is 15.8. The molecule has 0 radical (unpaired) electrons. The fraction of sp³-hybridized carbons (Fsp3) is 0.846. The summed E-state index contributed by atoms with van der Waals surface area (Å²) in [5.41, 5.74) is 0. The molecule has 1 heterocycles. The standard InChI is InChI=1S/C13H25N3O3/c1-9(2)7-11(12(17)18)14-13(19)16-6-5-15(4)8-10(16)3/h9-11H,5-8H2,1-4H3,(H,14,19)(H,17,18). The van der Waals surface area contributed by atoms with Crippen molar-refractivity contribution < 1.29 is 14.7 Å². The predicted octanol–water partition coefficient (Wildman–Crippen LogP) is 0.831. The number of carbonyl (C=O) groups is 2. The van der Waals surface area contributed by atoms with Crippen molar-refractivity contribution in [2.45, 2.75) is 39.3 Å². The van der Waals surface area contributed by atoms with Crippen molar-refractivity contribution >= 4 is 12.0 Å². The van der Waals surface area contributed by atoms with Crippen molar-refractivity contribution in [3.8, 4) is 0 Å². The second-order valence-corrected chi connectivity index (χ2v) is 5.77. The number of likely N-dealkylation sites (N-methyl/N-ethyl adjacent to an activating group) is 1. The van der Waals surface area contributed by atoms with Crippen LogP contribution < -0.4 is 5.32 Å². The third kappa shape index (κ3) is 4.70. The molecule has 2 N–H and O–H groups in total. The minimum absolute atomic E-state index is 0.104. The molecule has 0 aliphatic carbocycles. The number of hydrogen-bond donors (Lipinski definition) is 2. The second kappa shape index (κ2) is 6.75. The zero-order chi connectivity index (χ0) is 14.6. The summed E-state index contributed by atoms with van der Waals surface area (Å²) >= 11 is 0. The summed E-state index contributed by atoms with van der Waals surface area (Å²) < 4.78 is 0. The normalized spacial score (nSPS) is 22.4. The third-order valence-electron chi connectivity index (χ3n) is 3.39. The number of carboxylic acids is 1. The molecule has 2 amide bonds. The molecule has 6 heteroatoms. The Balaban J connectivity index is 2.59. The van der Waals surface area contributed by atoms with Gasteiger partial charge in [0.2, 0.25) is 0 Å². The molecule has 6 nitrogen and oxygen atoms in total.